The molecule has 31 heavy (non-hydrogen) atoms. The molecule has 2 aromatic rings. The number of carbonyl (C=O) groups excluding carboxylic acids is 2. The van der Waals surface area contributed by atoms with Crippen LogP contribution < -0.4 is 5.32 Å². The molecule has 162 valence electrons. The fourth-order valence-electron chi connectivity index (χ4n) is 4.47. The summed E-state index contributed by atoms with van der Waals surface area (Å²) in [4.78, 5) is 37.4. The van der Waals surface area contributed by atoms with Crippen LogP contribution in [0.25, 0.3) is 11.1 Å². The van der Waals surface area contributed by atoms with E-state index in [-0.39, 0.29) is 24.5 Å². The summed E-state index contributed by atoms with van der Waals surface area (Å²) >= 11 is 0. The molecule has 1 saturated carbocycles. The lowest BCUT2D eigenvalue weighted by atomic mass is 9.79. The van der Waals surface area contributed by atoms with Crippen LogP contribution in [0, 0.1) is 5.92 Å². The summed E-state index contributed by atoms with van der Waals surface area (Å²) in [5.74, 6) is -1.54. The van der Waals surface area contributed by atoms with Crippen molar-refractivity contribution in [1.29, 1.82) is 0 Å². The van der Waals surface area contributed by atoms with Crippen molar-refractivity contribution in [2.24, 2.45) is 5.92 Å². The van der Waals surface area contributed by atoms with Gasteiger partial charge in [0, 0.05) is 19.0 Å². The van der Waals surface area contributed by atoms with Crippen LogP contribution in [-0.2, 0) is 14.3 Å². The van der Waals surface area contributed by atoms with Crippen molar-refractivity contribution in [3.05, 3.63) is 59.7 Å². The Morgan fingerprint density at radius 3 is 2.16 bits per heavy atom. The highest BCUT2D eigenvalue weighted by molar-refractivity contribution is 5.86. The number of ether oxygens (including phenoxy) is 1. The maximum absolute atomic E-state index is 12.6. The highest BCUT2D eigenvalue weighted by Gasteiger charge is 2.39. The number of rotatable bonds is 6. The Balaban J connectivity index is 1.32. The highest BCUT2D eigenvalue weighted by Crippen LogP contribution is 2.44. The van der Waals surface area contributed by atoms with E-state index in [2.05, 4.69) is 17.4 Å². The van der Waals surface area contributed by atoms with Crippen LogP contribution in [0.4, 0.5) is 4.79 Å². The average Bonchev–Trinajstić information content (AvgIpc) is 3.04. The second kappa shape index (κ2) is 8.41. The quantitative estimate of drug-likeness (QED) is 0.745. The minimum atomic E-state index is -0.832. The van der Waals surface area contributed by atoms with E-state index >= 15 is 0 Å². The summed E-state index contributed by atoms with van der Waals surface area (Å²) < 4.78 is 5.49. The Morgan fingerprint density at radius 2 is 1.61 bits per heavy atom. The number of hydrogen-bond acceptors (Lipinski definition) is 4. The molecule has 2 aliphatic carbocycles. The summed E-state index contributed by atoms with van der Waals surface area (Å²) in [5, 5.41) is 11.6. The van der Waals surface area contributed by atoms with E-state index in [9.17, 15) is 14.4 Å². The van der Waals surface area contributed by atoms with Crippen LogP contribution in [0.2, 0.25) is 0 Å². The van der Waals surface area contributed by atoms with E-state index in [0.717, 1.165) is 22.3 Å². The van der Waals surface area contributed by atoms with E-state index in [1.807, 2.05) is 36.4 Å². The maximum Gasteiger partial charge on any atom is 0.407 e. The number of likely N-dealkylation sites (N-methyl/N-ethyl adjacent to an activating group) is 1. The molecule has 7 nitrogen and oxygen atoms in total. The number of hydrogen-bond donors (Lipinski definition) is 2. The van der Waals surface area contributed by atoms with Crippen molar-refractivity contribution in [2.45, 2.75) is 37.8 Å². The Labute approximate surface area is 181 Å². The van der Waals surface area contributed by atoms with Gasteiger partial charge in [0.2, 0.25) is 5.91 Å². The van der Waals surface area contributed by atoms with Gasteiger partial charge in [0.15, 0.2) is 0 Å². The summed E-state index contributed by atoms with van der Waals surface area (Å²) in [5.41, 5.74) is 4.55. The van der Waals surface area contributed by atoms with Gasteiger partial charge in [-0.25, -0.2) is 4.79 Å². The Bertz CT molecular complexity index is 969. The Hall–Kier alpha value is -3.35. The molecule has 1 fully saturated rings. The molecule has 0 aromatic heterocycles. The lowest BCUT2D eigenvalue weighted by molar-refractivity contribution is -0.150. The van der Waals surface area contributed by atoms with E-state index in [4.69, 9.17) is 9.84 Å². The van der Waals surface area contributed by atoms with Gasteiger partial charge < -0.3 is 20.1 Å². The first-order valence-corrected chi connectivity index (χ1v) is 10.5. The first-order chi connectivity index (χ1) is 14.9. The number of carbonyl (C=O) groups is 3. The van der Waals surface area contributed by atoms with Gasteiger partial charge in [0.25, 0.3) is 0 Å². The van der Waals surface area contributed by atoms with E-state index < -0.39 is 24.0 Å². The fraction of sp³-hybridized carbons (Fsp3) is 0.375. The van der Waals surface area contributed by atoms with Crippen LogP contribution in [0.5, 0.6) is 0 Å². The summed E-state index contributed by atoms with van der Waals surface area (Å²) in [6, 6.07) is 15.3. The highest BCUT2D eigenvalue weighted by atomic mass is 16.5. The molecule has 0 spiro atoms. The van der Waals surface area contributed by atoms with Crippen LogP contribution in [-0.4, -0.2) is 53.7 Å². The number of fused-ring (bicyclic) bond motifs is 3. The average molecular weight is 422 g/mol. The summed E-state index contributed by atoms with van der Waals surface area (Å²) in [6.45, 7) is 1.78. The molecule has 0 aliphatic heterocycles. The standard InChI is InChI=1S/C24H26N2O5/c1-14(22(27)26(2)16-11-15(12-16)23(28)29)25-24(30)31-13-21-19-9-5-3-7-17(19)18-8-4-6-10-20(18)21/h3-10,14-16,21H,11-13H2,1-2H3,(H,25,30)(H,28,29)/t14-,15?,16?/m1/s1. The molecule has 4 rings (SSSR count). The van der Waals surface area contributed by atoms with Gasteiger partial charge in [0.1, 0.15) is 12.6 Å². The first kappa shape index (κ1) is 20.9. The van der Waals surface area contributed by atoms with Crippen molar-refractivity contribution >= 4 is 18.0 Å². The summed E-state index contributed by atoms with van der Waals surface area (Å²) in [7, 11) is 1.64. The van der Waals surface area contributed by atoms with Gasteiger partial charge in [-0.2, -0.15) is 0 Å². The molecule has 0 bridgehead atoms. The zero-order chi connectivity index (χ0) is 22.1. The third-order valence-electron chi connectivity index (χ3n) is 6.41. The van der Waals surface area contributed by atoms with Gasteiger partial charge in [0.05, 0.1) is 5.92 Å². The third-order valence-corrected chi connectivity index (χ3v) is 6.41. The predicted octanol–water partition coefficient (Wildman–Crippen LogP) is 3.24. The van der Waals surface area contributed by atoms with Crippen molar-refractivity contribution in [1.82, 2.24) is 10.2 Å². The van der Waals surface area contributed by atoms with Gasteiger partial charge in [-0.3, -0.25) is 9.59 Å². The van der Waals surface area contributed by atoms with E-state index in [1.165, 1.54) is 4.90 Å². The van der Waals surface area contributed by atoms with Crippen molar-refractivity contribution in [2.75, 3.05) is 13.7 Å². The Kier molecular flexibility index (Phi) is 5.67. The minimum absolute atomic E-state index is 0.0465. The Morgan fingerprint density at radius 1 is 1.06 bits per heavy atom. The number of nitrogens with zero attached hydrogens (tertiary/aromatic N) is 1. The van der Waals surface area contributed by atoms with Crippen molar-refractivity contribution in [3.8, 4) is 11.1 Å². The number of carboxylic acid groups (broad SMARTS) is 1. The number of alkyl carbamates (subject to hydrolysis) is 1. The molecule has 0 heterocycles. The SMILES string of the molecule is C[C@@H](NC(=O)OCC1c2ccccc2-c2ccccc21)C(=O)N(C)C1CC(C(=O)O)C1. The third kappa shape index (κ3) is 4.00. The van der Waals surface area contributed by atoms with E-state index in [1.54, 1.807) is 14.0 Å². The topological polar surface area (TPSA) is 95.9 Å². The minimum Gasteiger partial charge on any atom is -0.481 e. The molecule has 7 heteroatoms. The first-order valence-electron chi connectivity index (χ1n) is 10.5. The van der Waals surface area contributed by atoms with Crippen molar-refractivity contribution in [3.63, 3.8) is 0 Å². The smallest absolute Gasteiger partial charge is 0.407 e. The summed E-state index contributed by atoms with van der Waals surface area (Å²) in [6.07, 6.45) is 0.234. The maximum atomic E-state index is 12.6. The number of carboxylic acids is 1. The van der Waals surface area contributed by atoms with Gasteiger partial charge in [-0.15, -0.1) is 0 Å². The molecular weight excluding hydrogens is 396 g/mol. The molecule has 2 amide bonds. The van der Waals surface area contributed by atoms with E-state index in [0.29, 0.717) is 12.8 Å². The predicted molar refractivity (Wildman–Crippen MR) is 115 cm³/mol. The van der Waals surface area contributed by atoms with Gasteiger partial charge >= 0.3 is 12.1 Å². The van der Waals surface area contributed by atoms with Crippen LogP contribution in [0.1, 0.15) is 36.8 Å². The lowest BCUT2D eigenvalue weighted by Gasteiger charge is -2.40. The van der Waals surface area contributed by atoms with Gasteiger partial charge in [-0.05, 0) is 42.0 Å². The molecule has 0 radical (unpaired) electrons. The molecule has 1 atom stereocenters. The molecule has 0 saturated heterocycles. The molecule has 2 aromatic carbocycles. The molecule has 2 aliphatic rings. The van der Waals surface area contributed by atoms with Crippen LogP contribution >= 0.6 is 0 Å². The normalized spacial score (nSPS) is 20.1. The monoisotopic (exact) mass is 422 g/mol. The zero-order valence-electron chi connectivity index (χ0n) is 17.6. The van der Waals surface area contributed by atoms with Crippen LogP contribution in [0.3, 0.4) is 0 Å². The molecule has 0 unspecified atom stereocenters. The van der Waals surface area contributed by atoms with Crippen LogP contribution in [0.15, 0.2) is 48.5 Å². The second-order valence-electron chi connectivity index (χ2n) is 8.30. The second-order valence-corrected chi connectivity index (χ2v) is 8.30. The number of aliphatic carboxylic acids is 1. The number of amides is 2. The lowest BCUT2D eigenvalue weighted by Crippen LogP contribution is -2.53. The molecular formula is C24H26N2O5. The number of benzene rings is 2. The van der Waals surface area contributed by atoms with Gasteiger partial charge in [-0.1, -0.05) is 48.5 Å². The molecule has 2 N–H and O–H groups in total. The fourth-order valence-corrected chi connectivity index (χ4v) is 4.47. The largest absolute Gasteiger partial charge is 0.481 e. The zero-order valence-corrected chi connectivity index (χ0v) is 17.6. The van der Waals surface area contributed by atoms with Crippen molar-refractivity contribution < 1.29 is 24.2 Å². The number of nitrogens with one attached hydrogen (secondary N) is 1.